The van der Waals surface area contributed by atoms with E-state index in [-0.39, 0.29) is 11.9 Å². The molecule has 1 saturated heterocycles. The minimum absolute atomic E-state index is 0.0132. The number of anilines is 2. The number of aryl methyl sites for hydroxylation is 4. The van der Waals surface area contributed by atoms with Gasteiger partial charge in [0.2, 0.25) is 5.95 Å². The Balaban J connectivity index is 1.75. The molecule has 1 unspecified atom stereocenters. The van der Waals surface area contributed by atoms with Crippen LogP contribution in [0.2, 0.25) is 0 Å². The molecule has 1 amide bonds. The normalized spacial score (nSPS) is 17.6. The number of hydrogen-bond acceptors (Lipinski definition) is 6. The van der Waals surface area contributed by atoms with Crippen LogP contribution in [0.3, 0.4) is 0 Å². The maximum Gasteiger partial charge on any atom is 0.250 e. The molecular formula is C16H23N7O. The molecule has 1 fully saturated rings. The largest absolute Gasteiger partial charge is 0.341 e. The molecule has 3 rings (SSSR count). The van der Waals surface area contributed by atoms with Gasteiger partial charge in [-0.05, 0) is 26.2 Å². The Morgan fingerprint density at radius 2 is 2.00 bits per heavy atom. The van der Waals surface area contributed by atoms with Crippen LogP contribution in [-0.4, -0.2) is 43.5 Å². The van der Waals surface area contributed by atoms with Crippen LogP contribution in [0.15, 0.2) is 6.07 Å². The van der Waals surface area contributed by atoms with Crippen LogP contribution in [0.25, 0.3) is 0 Å². The van der Waals surface area contributed by atoms with Crippen molar-refractivity contribution in [2.45, 2.75) is 46.1 Å². The van der Waals surface area contributed by atoms with Crippen molar-refractivity contribution in [1.29, 1.82) is 0 Å². The summed E-state index contributed by atoms with van der Waals surface area (Å²) >= 11 is 0. The Bertz CT molecular complexity index is 755. The minimum atomic E-state index is -0.334. The third kappa shape index (κ3) is 2.95. The summed E-state index contributed by atoms with van der Waals surface area (Å²) in [6, 6.07) is 1.59. The number of carbonyl (C=O) groups excluding carboxylic acids is 1. The number of amides is 1. The molecule has 0 radical (unpaired) electrons. The second kappa shape index (κ2) is 6.54. The summed E-state index contributed by atoms with van der Waals surface area (Å²) in [4.78, 5) is 19.0. The average molecular weight is 329 g/mol. The van der Waals surface area contributed by atoms with Gasteiger partial charge in [0.1, 0.15) is 11.9 Å². The molecule has 1 atom stereocenters. The van der Waals surface area contributed by atoms with E-state index in [2.05, 4.69) is 25.6 Å². The monoisotopic (exact) mass is 329 g/mol. The zero-order chi connectivity index (χ0) is 17.3. The molecule has 1 N–H and O–H groups in total. The third-order valence-electron chi connectivity index (χ3n) is 4.27. The van der Waals surface area contributed by atoms with Gasteiger partial charge < -0.3 is 5.32 Å². The Hall–Kier alpha value is -2.51. The van der Waals surface area contributed by atoms with Gasteiger partial charge in [-0.1, -0.05) is 13.8 Å². The number of carbonyl (C=O) groups is 1. The standard InChI is InChI=1S/C16H23N7O/c1-5-11-12(6-2)19-20-16(17-11)18-13-7-8-23(15(13)24)14-9-10(3)21-22(14)4/h9,13H,5-8H2,1-4H3,(H,17,18,20). The fraction of sp³-hybridized carbons (Fsp3) is 0.562. The van der Waals surface area contributed by atoms with Gasteiger partial charge in [-0.2, -0.15) is 10.2 Å². The van der Waals surface area contributed by atoms with Gasteiger partial charge in [0.05, 0.1) is 17.1 Å². The van der Waals surface area contributed by atoms with E-state index in [1.165, 1.54) is 0 Å². The van der Waals surface area contributed by atoms with Gasteiger partial charge in [-0.3, -0.25) is 14.4 Å². The van der Waals surface area contributed by atoms with E-state index in [1.807, 2.05) is 33.9 Å². The Morgan fingerprint density at radius 3 is 2.62 bits per heavy atom. The molecule has 2 aromatic rings. The summed E-state index contributed by atoms with van der Waals surface area (Å²) < 4.78 is 1.74. The molecule has 0 saturated carbocycles. The van der Waals surface area contributed by atoms with Crippen molar-refractivity contribution in [2.75, 3.05) is 16.8 Å². The summed E-state index contributed by atoms with van der Waals surface area (Å²) in [7, 11) is 1.85. The first-order valence-corrected chi connectivity index (χ1v) is 8.34. The number of hydrogen-bond donors (Lipinski definition) is 1. The second-order valence-corrected chi connectivity index (χ2v) is 5.98. The highest BCUT2D eigenvalue weighted by Crippen LogP contribution is 2.23. The molecule has 2 aromatic heterocycles. The fourth-order valence-electron chi connectivity index (χ4n) is 3.05. The van der Waals surface area contributed by atoms with E-state index in [0.717, 1.165) is 35.7 Å². The van der Waals surface area contributed by atoms with Crippen LogP contribution in [0.5, 0.6) is 0 Å². The lowest BCUT2D eigenvalue weighted by atomic mass is 10.2. The van der Waals surface area contributed by atoms with E-state index in [1.54, 1.807) is 9.58 Å². The summed E-state index contributed by atoms with van der Waals surface area (Å²) in [5.74, 6) is 1.25. The van der Waals surface area contributed by atoms with E-state index in [0.29, 0.717) is 18.9 Å². The molecule has 0 aromatic carbocycles. The highest BCUT2D eigenvalue weighted by molar-refractivity contribution is 6.00. The van der Waals surface area contributed by atoms with E-state index < -0.39 is 0 Å². The molecule has 0 aliphatic carbocycles. The van der Waals surface area contributed by atoms with Crippen LogP contribution in [-0.2, 0) is 24.7 Å². The summed E-state index contributed by atoms with van der Waals surface area (Å²) in [6.07, 6.45) is 2.30. The molecule has 3 heterocycles. The van der Waals surface area contributed by atoms with Gasteiger partial charge in [0.15, 0.2) is 0 Å². The summed E-state index contributed by atoms with van der Waals surface area (Å²) in [5, 5.41) is 15.8. The first-order valence-electron chi connectivity index (χ1n) is 8.34. The lowest BCUT2D eigenvalue weighted by molar-refractivity contribution is -0.117. The van der Waals surface area contributed by atoms with Crippen LogP contribution in [0, 0.1) is 6.92 Å². The van der Waals surface area contributed by atoms with Crippen molar-refractivity contribution in [2.24, 2.45) is 7.05 Å². The third-order valence-corrected chi connectivity index (χ3v) is 4.27. The van der Waals surface area contributed by atoms with Gasteiger partial charge in [0, 0.05) is 19.7 Å². The maximum absolute atomic E-state index is 12.7. The molecule has 1 aliphatic heterocycles. The topological polar surface area (TPSA) is 88.8 Å². The first kappa shape index (κ1) is 16.4. The molecule has 8 nitrogen and oxygen atoms in total. The molecule has 1 aliphatic rings. The van der Waals surface area contributed by atoms with Crippen molar-refractivity contribution < 1.29 is 4.79 Å². The first-order chi connectivity index (χ1) is 11.5. The van der Waals surface area contributed by atoms with Crippen LogP contribution >= 0.6 is 0 Å². The van der Waals surface area contributed by atoms with Crippen LogP contribution < -0.4 is 10.2 Å². The SMILES string of the molecule is CCc1nnc(NC2CCN(c3cc(C)nn3C)C2=O)nc1CC. The van der Waals surface area contributed by atoms with Crippen molar-refractivity contribution >= 4 is 17.7 Å². The minimum Gasteiger partial charge on any atom is -0.341 e. The Morgan fingerprint density at radius 1 is 1.25 bits per heavy atom. The predicted molar refractivity (Wildman–Crippen MR) is 90.9 cm³/mol. The van der Waals surface area contributed by atoms with Crippen molar-refractivity contribution in [3.8, 4) is 0 Å². The lowest BCUT2D eigenvalue weighted by Crippen LogP contribution is -2.35. The molecule has 128 valence electrons. The highest BCUT2D eigenvalue weighted by Gasteiger charge is 2.34. The van der Waals surface area contributed by atoms with Crippen LogP contribution in [0.1, 0.15) is 37.4 Å². The zero-order valence-corrected chi connectivity index (χ0v) is 14.6. The Kier molecular flexibility index (Phi) is 4.46. The maximum atomic E-state index is 12.7. The average Bonchev–Trinajstić information content (AvgIpc) is 3.09. The Labute approximate surface area is 141 Å². The van der Waals surface area contributed by atoms with Crippen molar-refractivity contribution in [3.05, 3.63) is 23.1 Å². The van der Waals surface area contributed by atoms with E-state index >= 15 is 0 Å². The smallest absolute Gasteiger partial charge is 0.250 e. The fourth-order valence-corrected chi connectivity index (χ4v) is 3.05. The molecule has 8 heteroatoms. The number of nitrogens with zero attached hydrogens (tertiary/aromatic N) is 6. The zero-order valence-electron chi connectivity index (χ0n) is 14.6. The summed E-state index contributed by atoms with van der Waals surface area (Å²) in [6.45, 7) is 6.64. The molecule has 0 bridgehead atoms. The van der Waals surface area contributed by atoms with Gasteiger partial charge >= 0.3 is 0 Å². The van der Waals surface area contributed by atoms with Crippen molar-refractivity contribution in [1.82, 2.24) is 25.0 Å². The van der Waals surface area contributed by atoms with Gasteiger partial charge in [0.25, 0.3) is 5.91 Å². The summed E-state index contributed by atoms with van der Waals surface area (Å²) in [5.41, 5.74) is 2.74. The number of aromatic nitrogens is 5. The van der Waals surface area contributed by atoms with Gasteiger partial charge in [-0.15, -0.1) is 5.10 Å². The molecular weight excluding hydrogens is 306 g/mol. The second-order valence-electron chi connectivity index (χ2n) is 5.98. The lowest BCUT2D eigenvalue weighted by Gasteiger charge is -2.17. The van der Waals surface area contributed by atoms with E-state index in [9.17, 15) is 4.79 Å². The number of rotatable bonds is 5. The number of nitrogens with one attached hydrogen (secondary N) is 1. The quantitative estimate of drug-likeness (QED) is 0.888. The van der Waals surface area contributed by atoms with E-state index in [4.69, 9.17) is 0 Å². The highest BCUT2D eigenvalue weighted by atomic mass is 16.2. The van der Waals surface area contributed by atoms with Gasteiger partial charge in [-0.25, -0.2) is 4.98 Å². The molecule has 24 heavy (non-hydrogen) atoms. The predicted octanol–water partition coefficient (Wildman–Crippen LogP) is 1.26. The van der Waals surface area contributed by atoms with Crippen molar-refractivity contribution in [3.63, 3.8) is 0 Å². The molecule has 0 spiro atoms. The van der Waals surface area contributed by atoms with Crippen LogP contribution in [0.4, 0.5) is 11.8 Å².